The Morgan fingerprint density at radius 1 is 1.30 bits per heavy atom. The van der Waals surface area contributed by atoms with Crippen molar-refractivity contribution in [3.8, 4) is 11.6 Å². The molecule has 0 spiro atoms. The van der Waals surface area contributed by atoms with E-state index < -0.39 is 10.9 Å². The number of imidazole rings is 2. The molecule has 0 radical (unpaired) electrons. The number of carboxylic acids is 1. The van der Waals surface area contributed by atoms with Crippen LogP contribution < -0.4 is 0 Å². The number of carboxylic acid groups (broad SMARTS) is 1. The van der Waals surface area contributed by atoms with Gasteiger partial charge in [0, 0.05) is 0 Å². The van der Waals surface area contributed by atoms with E-state index in [1.165, 1.54) is 12.1 Å². The van der Waals surface area contributed by atoms with Crippen molar-refractivity contribution >= 4 is 22.8 Å². The van der Waals surface area contributed by atoms with Gasteiger partial charge in [-0.3, -0.25) is 0 Å². The van der Waals surface area contributed by atoms with Crippen LogP contribution in [0.5, 0.6) is 0 Å². The van der Waals surface area contributed by atoms with Crippen molar-refractivity contribution in [3.05, 3.63) is 40.1 Å². The van der Waals surface area contributed by atoms with E-state index in [1.807, 2.05) is 0 Å². The predicted octanol–water partition coefficient (Wildman–Crippen LogP) is 1.56. The molecule has 0 amide bonds. The van der Waals surface area contributed by atoms with Gasteiger partial charge in [0.05, 0.1) is 16.6 Å². The number of nitrogens with zero attached hydrogens (tertiary/aromatic N) is 3. The molecule has 0 aliphatic carbocycles. The summed E-state index contributed by atoms with van der Waals surface area (Å²) in [5.41, 5.74) is 1.17. The summed E-state index contributed by atoms with van der Waals surface area (Å²) >= 11 is 0. The number of hydrogen-bond donors (Lipinski definition) is 3. The van der Waals surface area contributed by atoms with E-state index in [1.54, 1.807) is 6.07 Å². The molecule has 1 aromatic carbocycles. The minimum atomic E-state index is -1.05. The first kappa shape index (κ1) is 11.8. The molecule has 0 aliphatic heterocycles. The summed E-state index contributed by atoms with van der Waals surface area (Å²) < 4.78 is 0. The maximum absolute atomic E-state index is 10.9. The predicted molar refractivity (Wildman–Crippen MR) is 67.3 cm³/mol. The highest BCUT2D eigenvalue weighted by molar-refractivity contribution is 5.92. The minimum absolute atomic E-state index is 0.112. The topological polar surface area (TPSA) is 138 Å². The number of aromatic carboxylic acids is 1. The number of nitrogens with one attached hydrogen (secondary N) is 2. The van der Waals surface area contributed by atoms with Crippen molar-refractivity contribution in [2.24, 2.45) is 0 Å². The second-order valence-corrected chi connectivity index (χ2v) is 3.99. The molecule has 9 heteroatoms. The highest BCUT2D eigenvalue weighted by Gasteiger charge is 2.18. The summed E-state index contributed by atoms with van der Waals surface area (Å²) in [7, 11) is 0. The van der Waals surface area contributed by atoms with Crippen molar-refractivity contribution in [3.63, 3.8) is 0 Å². The fourth-order valence-electron chi connectivity index (χ4n) is 1.78. The Morgan fingerprint density at radius 2 is 2.10 bits per heavy atom. The molecule has 0 unspecified atom stereocenters. The van der Waals surface area contributed by atoms with Crippen LogP contribution in [0.4, 0.5) is 5.82 Å². The molecule has 3 rings (SSSR count). The van der Waals surface area contributed by atoms with Crippen LogP contribution in [-0.4, -0.2) is 35.9 Å². The van der Waals surface area contributed by atoms with Crippen molar-refractivity contribution in [1.29, 1.82) is 0 Å². The van der Waals surface area contributed by atoms with Crippen LogP contribution in [0.3, 0.4) is 0 Å². The van der Waals surface area contributed by atoms with Crippen molar-refractivity contribution in [1.82, 2.24) is 19.9 Å². The van der Waals surface area contributed by atoms with Crippen molar-refractivity contribution in [2.75, 3.05) is 0 Å². The van der Waals surface area contributed by atoms with Crippen LogP contribution in [0, 0.1) is 10.1 Å². The van der Waals surface area contributed by atoms with Gasteiger partial charge in [0.25, 0.3) is 5.82 Å². The minimum Gasteiger partial charge on any atom is -0.478 e. The van der Waals surface area contributed by atoms with Gasteiger partial charge in [0.1, 0.15) is 6.20 Å². The Bertz CT molecular complexity index is 834. The average Bonchev–Trinajstić information content (AvgIpc) is 3.04. The Kier molecular flexibility index (Phi) is 2.46. The second kappa shape index (κ2) is 4.16. The molecule has 3 aromatic rings. The number of carbonyl (C=O) groups is 1. The zero-order chi connectivity index (χ0) is 14.3. The van der Waals surface area contributed by atoms with Gasteiger partial charge in [-0.05, 0) is 28.1 Å². The van der Waals surface area contributed by atoms with Crippen molar-refractivity contribution in [2.45, 2.75) is 0 Å². The summed E-state index contributed by atoms with van der Waals surface area (Å²) in [6, 6.07) is 4.43. The normalized spacial score (nSPS) is 10.8. The molecule has 0 atom stereocenters. The second-order valence-electron chi connectivity index (χ2n) is 3.99. The maximum Gasteiger partial charge on any atom is 0.382 e. The van der Waals surface area contributed by atoms with Crippen LogP contribution >= 0.6 is 0 Å². The van der Waals surface area contributed by atoms with E-state index in [0.29, 0.717) is 16.9 Å². The average molecular weight is 273 g/mol. The molecule has 3 N–H and O–H groups in total. The molecule has 0 fully saturated rings. The highest BCUT2D eigenvalue weighted by Crippen LogP contribution is 2.20. The van der Waals surface area contributed by atoms with Gasteiger partial charge in [0.2, 0.25) is 5.82 Å². The van der Waals surface area contributed by atoms with Gasteiger partial charge in [-0.25, -0.2) is 9.78 Å². The first-order valence-corrected chi connectivity index (χ1v) is 5.48. The van der Waals surface area contributed by atoms with Crippen LogP contribution in [0.1, 0.15) is 10.4 Å². The van der Waals surface area contributed by atoms with Crippen LogP contribution in [0.2, 0.25) is 0 Å². The SMILES string of the molecule is O=C(O)c1ccc2[nH]c(-c3nc([N+](=O)[O-])c[nH]3)nc2c1. The number of rotatable bonds is 3. The largest absolute Gasteiger partial charge is 0.478 e. The van der Waals surface area contributed by atoms with E-state index in [9.17, 15) is 14.9 Å². The van der Waals surface area contributed by atoms with Gasteiger partial charge in [-0.1, -0.05) is 0 Å². The number of fused-ring (bicyclic) bond motifs is 1. The van der Waals surface area contributed by atoms with Gasteiger partial charge >= 0.3 is 11.8 Å². The Morgan fingerprint density at radius 3 is 2.75 bits per heavy atom. The van der Waals surface area contributed by atoms with E-state index in [4.69, 9.17) is 5.11 Å². The Balaban J connectivity index is 2.07. The number of hydrogen-bond acceptors (Lipinski definition) is 5. The number of nitro groups is 1. The first-order valence-electron chi connectivity index (χ1n) is 5.48. The summed E-state index contributed by atoms with van der Waals surface area (Å²) in [5.74, 6) is -0.850. The van der Waals surface area contributed by atoms with Gasteiger partial charge < -0.3 is 25.2 Å². The fraction of sp³-hybridized carbons (Fsp3) is 0. The Hall–Kier alpha value is -3.23. The summed E-state index contributed by atoms with van der Waals surface area (Å²) in [5, 5.41) is 19.5. The lowest BCUT2D eigenvalue weighted by Gasteiger charge is -1.92. The molecule has 0 aliphatic rings. The van der Waals surface area contributed by atoms with Gasteiger partial charge in [0.15, 0.2) is 0 Å². The van der Waals surface area contributed by atoms with Crippen LogP contribution in [0.25, 0.3) is 22.7 Å². The third kappa shape index (κ3) is 1.86. The van der Waals surface area contributed by atoms with E-state index in [2.05, 4.69) is 19.9 Å². The lowest BCUT2D eigenvalue weighted by molar-refractivity contribution is -0.389. The molecule has 9 nitrogen and oxygen atoms in total. The Labute approximate surface area is 110 Å². The lowest BCUT2D eigenvalue weighted by atomic mass is 10.2. The zero-order valence-corrected chi connectivity index (χ0v) is 9.82. The number of H-pyrrole nitrogens is 2. The lowest BCUT2D eigenvalue weighted by Crippen LogP contribution is -1.94. The number of aromatic nitrogens is 4. The molecule has 2 aromatic heterocycles. The van der Waals surface area contributed by atoms with E-state index in [0.717, 1.165) is 6.20 Å². The van der Waals surface area contributed by atoms with Gasteiger partial charge in [-0.2, -0.15) is 0 Å². The van der Waals surface area contributed by atoms with E-state index in [-0.39, 0.29) is 17.2 Å². The molecular weight excluding hydrogens is 266 g/mol. The van der Waals surface area contributed by atoms with Crippen LogP contribution in [0.15, 0.2) is 24.4 Å². The molecule has 100 valence electrons. The highest BCUT2D eigenvalue weighted by atomic mass is 16.6. The summed E-state index contributed by atoms with van der Waals surface area (Å²) in [6.07, 6.45) is 1.16. The molecule has 0 bridgehead atoms. The van der Waals surface area contributed by atoms with E-state index >= 15 is 0 Å². The van der Waals surface area contributed by atoms with Crippen LogP contribution in [-0.2, 0) is 0 Å². The standard InChI is InChI=1S/C11H7N5O4/c17-11(18)5-1-2-6-7(3-5)14-10(13-6)9-12-4-8(15-9)16(19)20/h1-4H,(H,12,15)(H,13,14)(H,17,18). The molecule has 0 saturated heterocycles. The molecule has 2 heterocycles. The fourth-order valence-corrected chi connectivity index (χ4v) is 1.78. The third-order valence-corrected chi connectivity index (χ3v) is 2.71. The maximum atomic E-state index is 10.9. The molecular formula is C11H7N5O4. The first-order chi connectivity index (χ1) is 9.54. The summed E-state index contributed by atoms with van der Waals surface area (Å²) in [4.78, 5) is 34.3. The number of aromatic amines is 2. The summed E-state index contributed by atoms with van der Waals surface area (Å²) in [6.45, 7) is 0. The van der Waals surface area contributed by atoms with Crippen molar-refractivity contribution < 1.29 is 14.8 Å². The number of benzene rings is 1. The molecule has 20 heavy (non-hydrogen) atoms. The third-order valence-electron chi connectivity index (χ3n) is 2.71. The quantitative estimate of drug-likeness (QED) is 0.489. The van der Waals surface area contributed by atoms with Gasteiger partial charge in [-0.15, -0.1) is 0 Å². The monoisotopic (exact) mass is 273 g/mol. The smallest absolute Gasteiger partial charge is 0.382 e. The molecule has 0 saturated carbocycles. The zero-order valence-electron chi connectivity index (χ0n) is 9.82.